The van der Waals surface area contributed by atoms with Crippen molar-refractivity contribution < 1.29 is 37.8 Å². The highest BCUT2D eigenvalue weighted by Gasteiger charge is 2.24. The first-order chi connectivity index (χ1) is 20.5. The van der Waals surface area contributed by atoms with Gasteiger partial charge in [0.15, 0.2) is 0 Å². The van der Waals surface area contributed by atoms with Crippen LogP contribution in [0.1, 0.15) is 63.4 Å². The Morgan fingerprint density at radius 2 is 1.37 bits per heavy atom. The van der Waals surface area contributed by atoms with Gasteiger partial charge in [0.05, 0.1) is 12.5 Å². The summed E-state index contributed by atoms with van der Waals surface area (Å²) in [6, 6.07) is 19.6. The Labute approximate surface area is 250 Å². The molecule has 3 rings (SSSR count). The van der Waals surface area contributed by atoms with Crippen molar-refractivity contribution in [3.8, 4) is 11.5 Å². The number of amides is 3. The molecule has 0 spiro atoms. The van der Waals surface area contributed by atoms with Gasteiger partial charge >= 0.3 is 12.1 Å². The third-order valence-electron chi connectivity index (χ3n) is 5.29. The molecule has 0 aliphatic carbocycles. The Kier molecular flexibility index (Phi) is 13.6. The Hall–Kier alpha value is -4.93. The van der Waals surface area contributed by atoms with E-state index in [4.69, 9.17) is 14.2 Å². The number of carbonyl (C=O) groups excluding carboxylic acids is 4. The second-order valence-corrected chi connectivity index (χ2v) is 9.98. The Balaban J connectivity index is 0.00000316. The molecular weight excluding hydrogens is 557 g/mol. The highest BCUT2D eigenvalue weighted by atomic mass is 19.1. The Morgan fingerprint density at radius 3 is 1.95 bits per heavy atom. The number of esters is 1. The van der Waals surface area contributed by atoms with Crippen LogP contribution < -0.4 is 20.9 Å². The second-order valence-electron chi connectivity index (χ2n) is 9.98. The van der Waals surface area contributed by atoms with Crippen LogP contribution >= 0.6 is 0 Å². The number of halogens is 1. The van der Waals surface area contributed by atoms with Gasteiger partial charge in [-0.1, -0.05) is 44.2 Å². The SMILES string of the molecule is CC.CC(C)(C)OC(=O)NC(CC(=O)NNC(=O)c1ccc(Oc2ccc(F)cc2)cc1)CC(=O)OCc1ccccc1. The summed E-state index contributed by atoms with van der Waals surface area (Å²) in [5.74, 6) is -1.44. The fourth-order valence-electron chi connectivity index (χ4n) is 3.43. The van der Waals surface area contributed by atoms with Crippen LogP contribution in [-0.4, -0.2) is 35.5 Å². The highest BCUT2D eigenvalue weighted by molar-refractivity contribution is 5.95. The van der Waals surface area contributed by atoms with E-state index in [0.717, 1.165) is 5.56 Å². The van der Waals surface area contributed by atoms with Crippen molar-refractivity contribution in [2.45, 2.75) is 65.7 Å². The van der Waals surface area contributed by atoms with E-state index in [1.54, 1.807) is 45.0 Å². The van der Waals surface area contributed by atoms with Gasteiger partial charge in [0, 0.05) is 12.0 Å². The zero-order valence-electron chi connectivity index (χ0n) is 24.9. The summed E-state index contributed by atoms with van der Waals surface area (Å²) in [4.78, 5) is 49.8. The fraction of sp³-hybridized carbons (Fsp3) is 0.312. The molecule has 0 heterocycles. The van der Waals surface area contributed by atoms with Crippen molar-refractivity contribution in [2.75, 3.05) is 0 Å². The van der Waals surface area contributed by atoms with Gasteiger partial charge in [-0.25, -0.2) is 9.18 Å². The smallest absolute Gasteiger partial charge is 0.407 e. The third kappa shape index (κ3) is 13.5. The molecule has 0 fully saturated rings. The minimum atomic E-state index is -0.965. The van der Waals surface area contributed by atoms with E-state index in [-0.39, 0.29) is 30.8 Å². The average Bonchev–Trinajstić information content (AvgIpc) is 2.97. The lowest BCUT2D eigenvalue weighted by Gasteiger charge is -2.23. The van der Waals surface area contributed by atoms with Crippen molar-refractivity contribution in [1.82, 2.24) is 16.2 Å². The summed E-state index contributed by atoms with van der Waals surface area (Å²) >= 11 is 0. The lowest BCUT2D eigenvalue weighted by Crippen LogP contribution is -2.46. The van der Waals surface area contributed by atoms with Crippen LogP contribution in [0.15, 0.2) is 78.9 Å². The molecule has 1 atom stereocenters. The van der Waals surface area contributed by atoms with Gasteiger partial charge in [-0.05, 0) is 74.9 Å². The molecule has 3 N–H and O–H groups in total. The molecule has 1 unspecified atom stereocenters. The molecule has 11 heteroatoms. The van der Waals surface area contributed by atoms with E-state index in [1.807, 2.05) is 32.0 Å². The topological polar surface area (TPSA) is 132 Å². The van der Waals surface area contributed by atoms with Crippen LogP contribution in [0.5, 0.6) is 11.5 Å². The van der Waals surface area contributed by atoms with Crippen LogP contribution in [0.4, 0.5) is 9.18 Å². The summed E-state index contributed by atoms with van der Waals surface area (Å²) in [6.45, 7) is 9.08. The zero-order valence-corrected chi connectivity index (χ0v) is 24.9. The van der Waals surface area contributed by atoms with Crippen molar-refractivity contribution in [3.63, 3.8) is 0 Å². The largest absolute Gasteiger partial charge is 0.461 e. The number of carbonyl (C=O) groups is 4. The molecule has 0 bridgehead atoms. The van der Waals surface area contributed by atoms with E-state index in [0.29, 0.717) is 11.5 Å². The Morgan fingerprint density at radius 1 is 0.791 bits per heavy atom. The molecule has 230 valence electrons. The van der Waals surface area contributed by atoms with Gasteiger partial charge in [-0.2, -0.15) is 0 Å². The van der Waals surface area contributed by atoms with Gasteiger partial charge in [-0.3, -0.25) is 25.2 Å². The third-order valence-corrected chi connectivity index (χ3v) is 5.29. The number of rotatable bonds is 10. The first-order valence-corrected chi connectivity index (χ1v) is 13.8. The number of nitrogens with one attached hydrogen (secondary N) is 3. The quantitative estimate of drug-likeness (QED) is 0.199. The van der Waals surface area contributed by atoms with Crippen LogP contribution in [-0.2, 0) is 25.7 Å². The number of ether oxygens (including phenoxy) is 3. The van der Waals surface area contributed by atoms with Gasteiger partial charge < -0.3 is 19.5 Å². The molecule has 10 nitrogen and oxygen atoms in total. The van der Waals surface area contributed by atoms with Crippen molar-refractivity contribution in [2.24, 2.45) is 0 Å². The number of hydrogen-bond acceptors (Lipinski definition) is 7. The molecule has 43 heavy (non-hydrogen) atoms. The number of benzene rings is 3. The molecule has 0 aliphatic heterocycles. The molecule has 3 amide bonds. The van der Waals surface area contributed by atoms with Crippen molar-refractivity contribution >= 4 is 23.9 Å². The molecule has 3 aromatic rings. The predicted octanol–water partition coefficient (Wildman–Crippen LogP) is 5.82. The molecule has 0 saturated heterocycles. The fourth-order valence-corrected chi connectivity index (χ4v) is 3.43. The predicted molar refractivity (Wildman–Crippen MR) is 159 cm³/mol. The normalized spacial score (nSPS) is 11.1. The van der Waals surface area contributed by atoms with E-state index < -0.39 is 35.5 Å². The summed E-state index contributed by atoms with van der Waals surface area (Å²) in [6.07, 6.45) is -1.45. The van der Waals surface area contributed by atoms with Crippen molar-refractivity contribution in [1.29, 1.82) is 0 Å². The van der Waals surface area contributed by atoms with Gasteiger partial charge in [0.25, 0.3) is 5.91 Å². The summed E-state index contributed by atoms with van der Waals surface area (Å²) in [5, 5.41) is 2.51. The maximum atomic E-state index is 13.1. The maximum Gasteiger partial charge on any atom is 0.407 e. The molecule has 0 radical (unpaired) electrons. The molecule has 3 aromatic carbocycles. The van der Waals surface area contributed by atoms with Crippen LogP contribution in [0.3, 0.4) is 0 Å². The first kappa shape index (κ1) is 34.3. The molecule has 0 aliphatic rings. The summed E-state index contributed by atoms with van der Waals surface area (Å²) in [7, 11) is 0. The standard InChI is InChI=1S/C30H32FN3O7.C2H6/c1-30(2,3)41-29(38)32-23(18-27(36)39-19-20-7-5-4-6-8-20)17-26(35)33-34-28(37)21-9-13-24(14-10-21)40-25-15-11-22(31)12-16-25;1-2/h4-16,23H,17-19H2,1-3H3,(H,32,38)(H,33,35)(H,34,37);1-2H3. The molecule has 0 saturated carbocycles. The number of hydrazine groups is 1. The van der Waals surface area contributed by atoms with Crippen molar-refractivity contribution in [3.05, 3.63) is 95.8 Å². The minimum absolute atomic E-state index is 0.0365. The van der Waals surface area contributed by atoms with Gasteiger partial charge in [-0.15, -0.1) is 0 Å². The van der Waals surface area contributed by atoms with E-state index >= 15 is 0 Å². The summed E-state index contributed by atoms with van der Waals surface area (Å²) < 4.78 is 29.2. The van der Waals surface area contributed by atoms with Crippen LogP contribution in [0, 0.1) is 5.82 Å². The first-order valence-electron chi connectivity index (χ1n) is 13.8. The highest BCUT2D eigenvalue weighted by Crippen LogP contribution is 2.22. The maximum absolute atomic E-state index is 13.1. The van der Waals surface area contributed by atoms with E-state index in [9.17, 15) is 23.6 Å². The molecular formula is C32H38FN3O7. The number of hydrogen-bond donors (Lipinski definition) is 3. The number of alkyl carbamates (subject to hydrolysis) is 1. The second kappa shape index (κ2) is 17.1. The summed E-state index contributed by atoms with van der Waals surface area (Å²) in [5.41, 5.74) is 4.78. The lowest BCUT2D eigenvalue weighted by atomic mass is 10.1. The van der Waals surface area contributed by atoms with Gasteiger partial charge in [0.1, 0.15) is 29.5 Å². The lowest BCUT2D eigenvalue weighted by molar-refractivity contribution is -0.145. The minimum Gasteiger partial charge on any atom is -0.461 e. The monoisotopic (exact) mass is 595 g/mol. The zero-order chi connectivity index (χ0) is 31.8. The van der Waals surface area contributed by atoms with Crippen LogP contribution in [0.2, 0.25) is 0 Å². The van der Waals surface area contributed by atoms with Gasteiger partial charge in [0.2, 0.25) is 5.91 Å². The average molecular weight is 596 g/mol. The molecule has 0 aromatic heterocycles. The Bertz CT molecular complexity index is 1330. The van der Waals surface area contributed by atoms with E-state index in [1.165, 1.54) is 36.4 Å². The van der Waals surface area contributed by atoms with Crippen LogP contribution in [0.25, 0.3) is 0 Å². The van der Waals surface area contributed by atoms with E-state index in [2.05, 4.69) is 16.2 Å².